The van der Waals surface area contributed by atoms with E-state index in [0.717, 1.165) is 25.9 Å². The summed E-state index contributed by atoms with van der Waals surface area (Å²) in [6.07, 6.45) is 2.58. The Labute approximate surface area is 102 Å². The Morgan fingerprint density at radius 1 is 1.47 bits per heavy atom. The Bertz CT molecular complexity index is 298. The number of piperidine rings is 1. The van der Waals surface area contributed by atoms with Crippen LogP contribution in [-0.2, 0) is 9.53 Å². The van der Waals surface area contributed by atoms with Gasteiger partial charge < -0.3 is 20.5 Å². The van der Waals surface area contributed by atoms with E-state index in [0.29, 0.717) is 6.42 Å². The highest BCUT2D eigenvalue weighted by molar-refractivity contribution is 5.73. The first kappa shape index (κ1) is 12.8. The second-order valence-electron chi connectivity index (χ2n) is 5.54. The van der Waals surface area contributed by atoms with Crippen LogP contribution in [0.5, 0.6) is 0 Å². The molecule has 5 nitrogen and oxygen atoms in total. The second kappa shape index (κ2) is 4.55. The van der Waals surface area contributed by atoms with Crippen LogP contribution in [0.3, 0.4) is 0 Å². The van der Waals surface area contributed by atoms with E-state index in [2.05, 4.69) is 10.6 Å². The van der Waals surface area contributed by atoms with E-state index in [1.807, 2.05) is 0 Å². The predicted octanol–water partition coefficient (Wildman–Crippen LogP) is -0.215. The summed E-state index contributed by atoms with van der Waals surface area (Å²) < 4.78 is 5.89. The lowest BCUT2D eigenvalue weighted by molar-refractivity contribution is -0.186. The maximum Gasteiger partial charge on any atom is 0.217 e. The Hall–Kier alpha value is -0.650. The maximum atomic E-state index is 11.2. The molecule has 0 unspecified atom stereocenters. The lowest BCUT2D eigenvalue weighted by Gasteiger charge is -2.49. The lowest BCUT2D eigenvalue weighted by Crippen LogP contribution is -2.63. The zero-order chi connectivity index (χ0) is 12.5. The molecule has 0 aromatic rings. The third kappa shape index (κ3) is 2.78. The minimum Gasteiger partial charge on any atom is -0.386 e. The molecule has 98 valence electrons. The third-order valence-electron chi connectivity index (χ3n) is 3.89. The van der Waals surface area contributed by atoms with Gasteiger partial charge in [-0.3, -0.25) is 4.79 Å². The van der Waals surface area contributed by atoms with Crippen LogP contribution >= 0.6 is 0 Å². The van der Waals surface area contributed by atoms with Crippen molar-refractivity contribution < 1.29 is 14.6 Å². The fourth-order valence-corrected chi connectivity index (χ4v) is 2.73. The average molecular weight is 242 g/mol. The van der Waals surface area contributed by atoms with Crippen molar-refractivity contribution in [3.8, 4) is 0 Å². The van der Waals surface area contributed by atoms with Crippen molar-refractivity contribution in [1.82, 2.24) is 10.6 Å². The Kier molecular flexibility index (Phi) is 3.43. The number of aliphatic hydroxyl groups is 1. The number of hydrogen-bond donors (Lipinski definition) is 3. The van der Waals surface area contributed by atoms with Crippen LogP contribution in [0.15, 0.2) is 0 Å². The standard InChI is InChI=1S/C12H22N2O3/c1-9(15)14-10-7-12(3-5-13-6-4-12)17-8-11(10,2)16/h10,13,16H,3-8H2,1-2H3,(H,14,15)/t10-,11-/m0/s1. The van der Waals surface area contributed by atoms with Gasteiger partial charge in [0.2, 0.25) is 5.91 Å². The molecule has 1 amide bonds. The fourth-order valence-electron chi connectivity index (χ4n) is 2.73. The van der Waals surface area contributed by atoms with Crippen LogP contribution in [0.1, 0.15) is 33.1 Å². The molecule has 0 aromatic carbocycles. The zero-order valence-electron chi connectivity index (χ0n) is 10.6. The van der Waals surface area contributed by atoms with E-state index in [1.165, 1.54) is 6.92 Å². The summed E-state index contributed by atoms with van der Waals surface area (Å²) in [7, 11) is 0. The van der Waals surface area contributed by atoms with Gasteiger partial charge in [0.05, 0.1) is 18.2 Å². The van der Waals surface area contributed by atoms with Gasteiger partial charge in [-0.2, -0.15) is 0 Å². The molecule has 0 radical (unpaired) electrons. The monoisotopic (exact) mass is 242 g/mol. The third-order valence-corrected chi connectivity index (χ3v) is 3.89. The van der Waals surface area contributed by atoms with Crippen LogP contribution in [-0.4, -0.2) is 48.0 Å². The summed E-state index contributed by atoms with van der Waals surface area (Å²) in [6, 6.07) is -0.216. The van der Waals surface area contributed by atoms with Crippen molar-refractivity contribution in [2.24, 2.45) is 0 Å². The highest BCUT2D eigenvalue weighted by Gasteiger charge is 2.47. The molecule has 17 heavy (non-hydrogen) atoms. The molecule has 2 fully saturated rings. The number of ether oxygens (including phenoxy) is 1. The number of rotatable bonds is 1. The summed E-state index contributed by atoms with van der Waals surface area (Å²) in [4.78, 5) is 11.2. The topological polar surface area (TPSA) is 70.6 Å². The van der Waals surface area contributed by atoms with Crippen molar-refractivity contribution in [1.29, 1.82) is 0 Å². The van der Waals surface area contributed by atoms with Gasteiger partial charge in [-0.25, -0.2) is 0 Å². The smallest absolute Gasteiger partial charge is 0.217 e. The van der Waals surface area contributed by atoms with Crippen molar-refractivity contribution >= 4 is 5.91 Å². The second-order valence-corrected chi connectivity index (χ2v) is 5.54. The van der Waals surface area contributed by atoms with Gasteiger partial charge in [0, 0.05) is 6.92 Å². The molecule has 2 atom stereocenters. The molecule has 2 rings (SSSR count). The average Bonchev–Trinajstić information content (AvgIpc) is 2.25. The van der Waals surface area contributed by atoms with Gasteiger partial charge in [-0.15, -0.1) is 0 Å². The molecule has 2 saturated heterocycles. The highest BCUT2D eigenvalue weighted by atomic mass is 16.5. The molecule has 3 N–H and O–H groups in total. The van der Waals surface area contributed by atoms with Crippen LogP contribution in [0.4, 0.5) is 0 Å². The van der Waals surface area contributed by atoms with Crippen LogP contribution in [0.25, 0.3) is 0 Å². The maximum absolute atomic E-state index is 11.2. The zero-order valence-corrected chi connectivity index (χ0v) is 10.6. The number of amides is 1. The molecular formula is C12H22N2O3. The largest absolute Gasteiger partial charge is 0.386 e. The van der Waals surface area contributed by atoms with Crippen LogP contribution in [0.2, 0.25) is 0 Å². The van der Waals surface area contributed by atoms with E-state index in [1.54, 1.807) is 6.92 Å². The minimum atomic E-state index is -0.970. The Balaban J connectivity index is 2.08. The van der Waals surface area contributed by atoms with Crippen molar-refractivity contribution in [3.05, 3.63) is 0 Å². The molecule has 2 heterocycles. The molecule has 0 saturated carbocycles. The first-order valence-electron chi connectivity index (χ1n) is 6.28. The van der Waals surface area contributed by atoms with Crippen LogP contribution in [0, 0.1) is 0 Å². The van der Waals surface area contributed by atoms with E-state index < -0.39 is 5.60 Å². The minimum absolute atomic E-state index is 0.0961. The van der Waals surface area contributed by atoms with Gasteiger partial charge in [0.1, 0.15) is 5.60 Å². The quantitative estimate of drug-likeness (QED) is 0.595. The first-order valence-corrected chi connectivity index (χ1v) is 6.28. The number of carbonyl (C=O) groups excluding carboxylic acids is 1. The summed E-state index contributed by atoms with van der Waals surface area (Å²) in [5, 5.41) is 16.4. The Morgan fingerprint density at radius 3 is 2.71 bits per heavy atom. The number of hydrogen-bond acceptors (Lipinski definition) is 4. The fraction of sp³-hybridized carbons (Fsp3) is 0.917. The van der Waals surface area contributed by atoms with Gasteiger partial charge in [-0.1, -0.05) is 0 Å². The van der Waals surface area contributed by atoms with Gasteiger partial charge in [0.15, 0.2) is 0 Å². The first-order chi connectivity index (χ1) is 7.94. The van der Waals surface area contributed by atoms with E-state index in [4.69, 9.17) is 4.74 Å². The Morgan fingerprint density at radius 2 is 2.12 bits per heavy atom. The molecule has 5 heteroatoms. The number of carbonyl (C=O) groups is 1. The lowest BCUT2D eigenvalue weighted by atomic mass is 9.78. The predicted molar refractivity (Wildman–Crippen MR) is 63.6 cm³/mol. The van der Waals surface area contributed by atoms with Crippen molar-refractivity contribution in [3.63, 3.8) is 0 Å². The molecule has 2 aliphatic heterocycles. The number of nitrogens with one attached hydrogen (secondary N) is 2. The molecular weight excluding hydrogens is 220 g/mol. The van der Waals surface area contributed by atoms with Crippen molar-refractivity contribution in [2.45, 2.75) is 50.4 Å². The SMILES string of the molecule is CC(=O)N[C@H]1CC2(CCNCC2)OC[C@]1(C)O. The highest BCUT2D eigenvalue weighted by Crippen LogP contribution is 2.36. The van der Waals surface area contributed by atoms with E-state index >= 15 is 0 Å². The molecule has 0 aromatic heterocycles. The molecule has 2 aliphatic rings. The summed E-state index contributed by atoms with van der Waals surface area (Å²) in [6.45, 7) is 5.38. The molecule has 0 bridgehead atoms. The molecule has 0 aliphatic carbocycles. The van der Waals surface area contributed by atoms with Crippen LogP contribution < -0.4 is 10.6 Å². The summed E-state index contributed by atoms with van der Waals surface area (Å²) in [5.74, 6) is -0.0961. The summed E-state index contributed by atoms with van der Waals surface area (Å²) >= 11 is 0. The van der Waals surface area contributed by atoms with Crippen molar-refractivity contribution in [2.75, 3.05) is 19.7 Å². The van der Waals surface area contributed by atoms with E-state index in [9.17, 15) is 9.90 Å². The van der Waals surface area contributed by atoms with Gasteiger partial charge >= 0.3 is 0 Å². The van der Waals surface area contributed by atoms with Gasteiger partial charge in [0.25, 0.3) is 0 Å². The normalized spacial score (nSPS) is 36.8. The molecule has 1 spiro atoms. The summed E-state index contributed by atoms with van der Waals surface area (Å²) in [5.41, 5.74) is -1.14. The van der Waals surface area contributed by atoms with E-state index in [-0.39, 0.29) is 24.2 Å². The van der Waals surface area contributed by atoms with Gasteiger partial charge in [-0.05, 0) is 39.3 Å².